The number of carbonyl (C=O) groups is 2. The number of rotatable bonds is 7. The Bertz CT molecular complexity index is 833. The molecule has 1 aliphatic rings. The van der Waals surface area contributed by atoms with Crippen molar-refractivity contribution in [2.75, 3.05) is 24.6 Å². The Labute approximate surface area is 165 Å². The van der Waals surface area contributed by atoms with Crippen LogP contribution in [-0.2, 0) is 11.3 Å². The maximum atomic E-state index is 11.9. The zero-order valence-corrected chi connectivity index (χ0v) is 16.5. The molecule has 1 saturated heterocycles. The first-order chi connectivity index (χ1) is 13.5. The number of hydrogen-bond donors (Lipinski definition) is 2. The Morgan fingerprint density at radius 1 is 1.11 bits per heavy atom. The maximum Gasteiger partial charge on any atom is 0.315 e. The highest BCUT2D eigenvalue weighted by atomic mass is 16.5. The van der Waals surface area contributed by atoms with Gasteiger partial charge in [-0.2, -0.15) is 0 Å². The SMILES string of the molecule is Cc1ccc(OCCNC(=O)NCc2ccc(N3CCCC3=O)cc2)c(C)c1. The molecule has 0 bridgehead atoms. The van der Waals surface area contributed by atoms with Crippen LogP contribution in [0.4, 0.5) is 10.5 Å². The van der Waals surface area contributed by atoms with Crippen LogP contribution in [0.3, 0.4) is 0 Å². The Kier molecular flexibility index (Phi) is 6.53. The summed E-state index contributed by atoms with van der Waals surface area (Å²) in [4.78, 5) is 25.5. The fourth-order valence-corrected chi connectivity index (χ4v) is 3.25. The molecule has 0 spiro atoms. The second-order valence-corrected chi connectivity index (χ2v) is 7.04. The molecule has 3 rings (SSSR count). The van der Waals surface area contributed by atoms with Crippen molar-refractivity contribution in [1.82, 2.24) is 10.6 Å². The number of nitrogens with one attached hydrogen (secondary N) is 2. The Morgan fingerprint density at radius 2 is 1.89 bits per heavy atom. The van der Waals surface area contributed by atoms with Crippen LogP contribution in [0.25, 0.3) is 0 Å². The molecular formula is C22H27N3O3. The Balaban J connectivity index is 1.36. The Hall–Kier alpha value is -3.02. The predicted octanol–water partition coefficient (Wildman–Crippen LogP) is 3.31. The van der Waals surface area contributed by atoms with Gasteiger partial charge in [-0.1, -0.05) is 29.8 Å². The highest BCUT2D eigenvalue weighted by Gasteiger charge is 2.21. The van der Waals surface area contributed by atoms with Gasteiger partial charge < -0.3 is 20.3 Å². The van der Waals surface area contributed by atoms with E-state index in [1.807, 2.05) is 50.2 Å². The summed E-state index contributed by atoms with van der Waals surface area (Å²) in [6.45, 7) is 6.10. The molecular weight excluding hydrogens is 354 g/mol. The van der Waals surface area contributed by atoms with Crippen molar-refractivity contribution < 1.29 is 14.3 Å². The summed E-state index contributed by atoms with van der Waals surface area (Å²) < 4.78 is 5.70. The molecule has 0 aromatic heterocycles. The molecule has 1 aliphatic heterocycles. The van der Waals surface area contributed by atoms with Crippen molar-refractivity contribution in [2.45, 2.75) is 33.2 Å². The fraction of sp³-hybridized carbons (Fsp3) is 0.364. The number of carbonyl (C=O) groups excluding carboxylic acids is 2. The van der Waals surface area contributed by atoms with Crippen LogP contribution < -0.4 is 20.3 Å². The molecule has 148 valence electrons. The first kappa shape index (κ1) is 19.7. The lowest BCUT2D eigenvalue weighted by Crippen LogP contribution is -2.37. The van der Waals surface area contributed by atoms with E-state index in [4.69, 9.17) is 4.74 Å². The fourth-order valence-electron chi connectivity index (χ4n) is 3.25. The molecule has 28 heavy (non-hydrogen) atoms. The normalized spacial score (nSPS) is 13.5. The van der Waals surface area contributed by atoms with Crippen LogP contribution in [0.1, 0.15) is 29.5 Å². The second-order valence-electron chi connectivity index (χ2n) is 7.04. The molecule has 1 heterocycles. The molecule has 6 heteroatoms. The lowest BCUT2D eigenvalue weighted by atomic mass is 10.1. The zero-order valence-electron chi connectivity index (χ0n) is 16.5. The van der Waals surface area contributed by atoms with Crippen molar-refractivity contribution in [3.05, 3.63) is 59.2 Å². The van der Waals surface area contributed by atoms with E-state index >= 15 is 0 Å². The number of hydrogen-bond acceptors (Lipinski definition) is 3. The molecule has 0 saturated carbocycles. The van der Waals surface area contributed by atoms with E-state index in [-0.39, 0.29) is 11.9 Å². The van der Waals surface area contributed by atoms with Crippen LogP contribution in [-0.4, -0.2) is 31.6 Å². The standard InChI is InChI=1S/C22H27N3O3/c1-16-5-10-20(17(2)14-16)28-13-11-23-22(27)24-15-18-6-8-19(9-7-18)25-12-3-4-21(25)26/h5-10,14H,3-4,11-13,15H2,1-2H3,(H2,23,24,27). The van der Waals surface area contributed by atoms with E-state index in [0.29, 0.717) is 26.1 Å². The van der Waals surface area contributed by atoms with Gasteiger partial charge in [0.05, 0.1) is 6.54 Å². The summed E-state index contributed by atoms with van der Waals surface area (Å²) in [5.74, 6) is 1.01. The van der Waals surface area contributed by atoms with Gasteiger partial charge in [0.1, 0.15) is 12.4 Å². The third-order valence-corrected chi connectivity index (χ3v) is 4.75. The molecule has 6 nitrogen and oxygen atoms in total. The van der Waals surface area contributed by atoms with E-state index in [1.165, 1.54) is 5.56 Å². The van der Waals surface area contributed by atoms with Crippen LogP contribution in [0, 0.1) is 13.8 Å². The first-order valence-corrected chi connectivity index (χ1v) is 9.64. The minimum Gasteiger partial charge on any atom is -0.491 e. The van der Waals surface area contributed by atoms with Gasteiger partial charge in [0.15, 0.2) is 0 Å². The monoisotopic (exact) mass is 381 g/mol. The average Bonchev–Trinajstić information content (AvgIpc) is 3.11. The van der Waals surface area contributed by atoms with Crippen molar-refractivity contribution in [3.8, 4) is 5.75 Å². The van der Waals surface area contributed by atoms with Crippen LogP contribution in [0.5, 0.6) is 5.75 Å². The zero-order chi connectivity index (χ0) is 19.9. The Morgan fingerprint density at radius 3 is 2.57 bits per heavy atom. The molecule has 3 amide bonds. The van der Waals surface area contributed by atoms with E-state index < -0.39 is 0 Å². The predicted molar refractivity (Wildman–Crippen MR) is 110 cm³/mol. The van der Waals surface area contributed by atoms with Crippen molar-refractivity contribution in [1.29, 1.82) is 0 Å². The van der Waals surface area contributed by atoms with E-state index in [1.54, 1.807) is 4.90 Å². The van der Waals surface area contributed by atoms with Crippen LogP contribution >= 0.6 is 0 Å². The van der Waals surface area contributed by atoms with Gasteiger partial charge in [0.2, 0.25) is 5.91 Å². The van der Waals surface area contributed by atoms with E-state index in [9.17, 15) is 9.59 Å². The summed E-state index contributed by atoms with van der Waals surface area (Å²) in [7, 11) is 0. The summed E-state index contributed by atoms with van der Waals surface area (Å²) >= 11 is 0. The van der Waals surface area contributed by atoms with Crippen molar-refractivity contribution >= 4 is 17.6 Å². The number of anilines is 1. The molecule has 1 fully saturated rings. The van der Waals surface area contributed by atoms with Gasteiger partial charge in [-0.25, -0.2) is 4.79 Å². The molecule has 0 atom stereocenters. The largest absolute Gasteiger partial charge is 0.491 e. The van der Waals surface area contributed by atoms with Crippen molar-refractivity contribution in [2.24, 2.45) is 0 Å². The van der Waals surface area contributed by atoms with Gasteiger partial charge in [0, 0.05) is 25.2 Å². The molecule has 0 aliphatic carbocycles. The summed E-state index contributed by atoms with van der Waals surface area (Å²) in [6.07, 6.45) is 1.53. The number of amides is 3. The molecule has 2 aromatic rings. The van der Waals surface area contributed by atoms with Gasteiger partial charge in [-0.05, 0) is 49.6 Å². The third kappa shape index (κ3) is 5.25. The minimum atomic E-state index is -0.233. The quantitative estimate of drug-likeness (QED) is 0.723. The average molecular weight is 381 g/mol. The van der Waals surface area contributed by atoms with Gasteiger partial charge in [-0.3, -0.25) is 4.79 Å². The highest BCUT2D eigenvalue weighted by Crippen LogP contribution is 2.21. The number of aryl methyl sites for hydroxylation is 2. The second kappa shape index (κ2) is 9.26. The van der Waals surface area contributed by atoms with Gasteiger partial charge in [-0.15, -0.1) is 0 Å². The smallest absolute Gasteiger partial charge is 0.315 e. The topological polar surface area (TPSA) is 70.7 Å². The first-order valence-electron chi connectivity index (χ1n) is 9.64. The van der Waals surface area contributed by atoms with E-state index in [0.717, 1.165) is 35.5 Å². The maximum absolute atomic E-state index is 11.9. The lowest BCUT2D eigenvalue weighted by molar-refractivity contribution is -0.117. The highest BCUT2D eigenvalue weighted by molar-refractivity contribution is 5.95. The molecule has 0 radical (unpaired) electrons. The van der Waals surface area contributed by atoms with Crippen LogP contribution in [0.15, 0.2) is 42.5 Å². The number of ether oxygens (including phenoxy) is 1. The minimum absolute atomic E-state index is 0.174. The molecule has 0 unspecified atom stereocenters. The third-order valence-electron chi connectivity index (χ3n) is 4.75. The van der Waals surface area contributed by atoms with Gasteiger partial charge in [0.25, 0.3) is 0 Å². The molecule has 2 aromatic carbocycles. The lowest BCUT2D eigenvalue weighted by Gasteiger charge is -2.16. The number of nitrogens with zero attached hydrogens (tertiary/aromatic N) is 1. The molecule has 2 N–H and O–H groups in total. The number of benzene rings is 2. The van der Waals surface area contributed by atoms with Crippen LogP contribution in [0.2, 0.25) is 0 Å². The number of urea groups is 1. The summed E-state index contributed by atoms with van der Waals surface area (Å²) in [5.41, 5.74) is 4.18. The van der Waals surface area contributed by atoms with E-state index in [2.05, 4.69) is 16.7 Å². The van der Waals surface area contributed by atoms with Gasteiger partial charge >= 0.3 is 6.03 Å². The van der Waals surface area contributed by atoms with Crippen molar-refractivity contribution in [3.63, 3.8) is 0 Å². The summed E-state index contributed by atoms with van der Waals surface area (Å²) in [6, 6.07) is 13.5. The summed E-state index contributed by atoms with van der Waals surface area (Å²) in [5, 5.41) is 5.62.